The third-order valence-corrected chi connectivity index (χ3v) is 3.51. The summed E-state index contributed by atoms with van der Waals surface area (Å²) in [6.07, 6.45) is 0. The second kappa shape index (κ2) is 8.62. The molecule has 21 heavy (non-hydrogen) atoms. The highest BCUT2D eigenvalue weighted by atomic mass is 19.1. The van der Waals surface area contributed by atoms with Crippen LogP contribution in [0.1, 0.15) is 26.3 Å². The van der Waals surface area contributed by atoms with Gasteiger partial charge in [-0.2, -0.15) is 0 Å². The first-order valence-corrected chi connectivity index (χ1v) is 7.51. The Kier molecular flexibility index (Phi) is 7.15. The van der Waals surface area contributed by atoms with E-state index in [0.29, 0.717) is 26.2 Å². The summed E-state index contributed by atoms with van der Waals surface area (Å²) in [6, 6.07) is 4.69. The average Bonchev–Trinajstić information content (AvgIpc) is 2.46. The summed E-state index contributed by atoms with van der Waals surface area (Å²) in [6.45, 7) is 9.06. The van der Waals surface area contributed by atoms with Crippen molar-refractivity contribution in [3.8, 4) is 0 Å². The van der Waals surface area contributed by atoms with Gasteiger partial charge >= 0.3 is 0 Å². The Balaban J connectivity index is 2.85. The molecule has 0 aliphatic heterocycles. The number of amides is 1. The molecule has 0 fully saturated rings. The molecule has 1 rings (SSSR count). The number of hydrogen-bond acceptors (Lipinski definition) is 3. The molecule has 0 bridgehead atoms. The van der Waals surface area contributed by atoms with E-state index in [9.17, 15) is 9.18 Å². The SMILES string of the molecule is CCNCc1cc(F)ccc1N(C)CC(=O)N(CC)CC. The molecule has 1 aromatic rings. The normalized spacial score (nSPS) is 10.5. The van der Waals surface area contributed by atoms with Gasteiger partial charge in [-0.05, 0) is 44.2 Å². The van der Waals surface area contributed by atoms with Crippen LogP contribution in [0.5, 0.6) is 0 Å². The number of rotatable bonds is 8. The number of carbonyl (C=O) groups is 1. The van der Waals surface area contributed by atoms with Gasteiger partial charge in [0, 0.05) is 32.4 Å². The lowest BCUT2D eigenvalue weighted by Crippen LogP contribution is -2.39. The fourth-order valence-electron chi connectivity index (χ4n) is 2.29. The van der Waals surface area contributed by atoms with E-state index >= 15 is 0 Å². The zero-order chi connectivity index (χ0) is 15.8. The molecule has 4 nitrogen and oxygen atoms in total. The second-order valence-electron chi connectivity index (χ2n) is 4.98. The summed E-state index contributed by atoms with van der Waals surface area (Å²) >= 11 is 0. The van der Waals surface area contributed by atoms with Gasteiger partial charge in [-0.25, -0.2) is 4.39 Å². The quantitative estimate of drug-likeness (QED) is 0.799. The first kappa shape index (κ1) is 17.4. The summed E-state index contributed by atoms with van der Waals surface area (Å²) in [7, 11) is 1.87. The molecular formula is C16H26FN3O. The molecule has 0 heterocycles. The summed E-state index contributed by atoms with van der Waals surface area (Å²) in [5, 5.41) is 3.20. The van der Waals surface area contributed by atoms with E-state index in [1.54, 1.807) is 11.0 Å². The molecule has 0 aliphatic carbocycles. The average molecular weight is 295 g/mol. The molecule has 0 unspecified atom stereocenters. The van der Waals surface area contributed by atoms with E-state index < -0.39 is 0 Å². The Morgan fingerprint density at radius 2 is 1.90 bits per heavy atom. The van der Waals surface area contributed by atoms with Crippen LogP contribution in [0, 0.1) is 5.82 Å². The monoisotopic (exact) mass is 295 g/mol. The van der Waals surface area contributed by atoms with Crippen molar-refractivity contribution in [2.45, 2.75) is 27.3 Å². The third kappa shape index (κ3) is 5.01. The molecule has 0 aromatic heterocycles. The molecular weight excluding hydrogens is 269 g/mol. The molecule has 0 aliphatic rings. The lowest BCUT2D eigenvalue weighted by Gasteiger charge is -2.26. The number of benzene rings is 1. The largest absolute Gasteiger partial charge is 0.365 e. The maximum absolute atomic E-state index is 13.4. The first-order chi connectivity index (χ1) is 10.0. The van der Waals surface area contributed by atoms with Crippen LogP contribution in [0.2, 0.25) is 0 Å². The van der Waals surface area contributed by atoms with Gasteiger partial charge in [-0.3, -0.25) is 4.79 Å². The summed E-state index contributed by atoms with van der Waals surface area (Å²) in [5.41, 5.74) is 1.75. The molecule has 118 valence electrons. The molecule has 5 heteroatoms. The maximum atomic E-state index is 13.4. The smallest absolute Gasteiger partial charge is 0.242 e. The molecule has 0 radical (unpaired) electrons. The highest BCUT2D eigenvalue weighted by Gasteiger charge is 2.15. The van der Waals surface area contributed by atoms with E-state index in [2.05, 4.69) is 5.32 Å². The predicted molar refractivity (Wildman–Crippen MR) is 85.0 cm³/mol. The van der Waals surface area contributed by atoms with E-state index in [4.69, 9.17) is 0 Å². The molecule has 0 spiro atoms. The predicted octanol–water partition coefficient (Wildman–Crippen LogP) is 2.24. The Hall–Kier alpha value is -1.62. The van der Waals surface area contributed by atoms with Crippen molar-refractivity contribution in [3.05, 3.63) is 29.6 Å². The Labute approximate surface area is 126 Å². The van der Waals surface area contributed by atoms with Crippen LogP contribution in [-0.4, -0.2) is 44.0 Å². The van der Waals surface area contributed by atoms with Crippen molar-refractivity contribution >= 4 is 11.6 Å². The lowest BCUT2D eigenvalue weighted by atomic mass is 10.1. The van der Waals surface area contributed by atoms with Crippen LogP contribution in [0.4, 0.5) is 10.1 Å². The van der Waals surface area contributed by atoms with Gasteiger partial charge in [0.05, 0.1) is 6.54 Å². The molecule has 1 aromatic carbocycles. The minimum absolute atomic E-state index is 0.0845. The van der Waals surface area contributed by atoms with Crippen molar-refractivity contribution in [2.24, 2.45) is 0 Å². The van der Waals surface area contributed by atoms with Crippen LogP contribution in [0.25, 0.3) is 0 Å². The number of anilines is 1. The van der Waals surface area contributed by atoms with Gasteiger partial charge in [0.1, 0.15) is 5.82 Å². The number of hydrogen-bond donors (Lipinski definition) is 1. The zero-order valence-corrected chi connectivity index (χ0v) is 13.4. The maximum Gasteiger partial charge on any atom is 0.242 e. The Morgan fingerprint density at radius 3 is 2.48 bits per heavy atom. The minimum atomic E-state index is -0.255. The van der Waals surface area contributed by atoms with Crippen molar-refractivity contribution in [1.29, 1.82) is 0 Å². The highest BCUT2D eigenvalue weighted by molar-refractivity contribution is 5.81. The van der Waals surface area contributed by atoms with Gasteiger partial charge in [0.25, 0.3) is 0 Å². The molecule has 0 saturated heterocycles. The fraction of sp³-hybridized carbons (Fsp3) is 0.562. The molecule has 1 amide bonds. The van der Waals surface area contributed by atoms with Crippen molar-refractivity contribution in [3.63, 3.8) is 0 Å². The molecule has 0 atom stereocenters. The number of likely N-dealkylation sites (N-methyl/N-ethyl adjacent to an activating group) is 2. The topological polar surface area (TPSA) is 35.6 Å². The third-order valence-electron chi connectivity index (χ3n) is 3.51. The van der Waals surface area contributed by atoms with E-state index in [1.807, 2.05) is 32.7 Å². The highest BCUT2D eigenvalue weighted by Crippen LogP contribution is 2.20. The van der Waals surface area contributed by atoms with Gasteiger partial charge in [-0.15, -0.1) is 0 Å². The van der Waals surface area contributed by atoms with Crippen LogP contribution in [0.15, 0.2) is 18.2 Å². The summed E-state index contributed by atoms with van der Waals surface area (Å²) in [4.78, 5) is 15.9. The number of carbonyl (C=O) groups excluding carboxylic acids is 1. The summed E-state index contributed by atoms with van der Waals surface area (Å²) in [5.74, 6) is -0.170. The van der Waals surface area contributed by atoms with Crippen molar-refractivity contribution < 1.29 is 9.18 Å². The molecule has 1 N–H and O–H groups in total. The van der Waals surface area contributed by atoms with Crippen LogP contribution < -0.4 is 10.2 Å². The van der Waals surface area contributed by atoms with Crippen molar-refractivity contribution in [1.82, 2.24) is 10.2 Å². The van der Waals surface area contributed by atoms with E-state index in [1.165, 1.54) is 12.1 Å². The van der Waals surface area contributed by atoms with Gasteiger partial charge in [-0.1, -0.05) is 6.92 Å². The number of halogens is 1. The zero-order valence-electron chi connectivity index (χ0n) is 13.4. The van der Waals surface area contributed by atoms with Crippen LogP contribution in [-0.2, 0) is 11.3 Å². The number of nitrogens with one attached hydrogen (secondary N) is 1. The minimum Gasteiger partial charge on any atom is -0.365 e. The standard InChI is InChI=1S/C16H26FN3O/c1-5-18-11-13-10-14(17)8-9-15(13)19(4)12-16(21)20(6-2)7-3/h8-10,18H,5-7,11-12H2,1-4H3. The van der Waals surface area contributed by atoms with Crippen molar-refractivity contribution in [2.75, 3.05) is 38.1 Å². The lowest BCUT2D eigenvalue weighted by molar-refractivity contribution is -0.129. The Bertz CT molecular complexity index is 461. The van der Waals surface area contributed by atoms with E-state index in [-0.39, 0.29) is 11.7 Å². The number of nitrogens with zero attached hydrogens (tertiary/aromatic N) is 2. The molecule has 0 saturated carbocycles. The van der Waals surface area contributed by atoms with Crippen LogP contribution >= 0.6 is 0 Å². The van der Waals surface area contributed by atoms with Gasteiger partial charge in [0.15, 0.2) is 0 Å². The fourth-order valence-corrected chi connectivity index (χ4v) is 2.29. The second-order valence-corrected chi connectivity index (χ2v) is 4.98. The summed E-state index contributed by atoms with van der Waals surface area (Å²) < 4.78 is 13.4. The Morgan fingerprint density at radius 1 is 1.24 bits per heavy atom. The van der Waals surface area contributed by atoms with Gasteiger partial charge < -0.3 is 15.1 Å². The van der Waals surface area contributed by atoms with Gasteiger partial charge in [0.2, 0.25) is 5.91 Å². The first-order valence-electron chi connectivity index (χ1n) is 7.51. The van der Waals surface area contributed by atoms with E-state index in [0.717, 1.165) is 17.8 Å². The van der Waals surface area contributed by atoms with Crippen LogP contribution in [0.3, 0.4) is 0 Å².